The third kappa shape index (κ3) is 6.68. The zero-order valence-electron chi connectivity index (χ0n) is 16.9. The first kappa shape index (κ1) is 22.0. The Labute approximate surface area is 157 Å². The number of hydrogen-bond donors (Lipinski definition) is 1. The summed E-state index contributed by atoms with van der Waals surface area (Å²) < 4.78 is 11.5. The number of carbonyl (C=O) groups is 1. The lowest BCUT2D eigenvalue weighted by atomic mass is 9.93. The predicted octanol–water partition coefficient (Wildman–Crippen LogP) is 4.76. The molecule has 1 N–H and O–H groups in total. The van der Waals surface area contributed by atoms with E-state index < -0.39 is 5.60 Å². The van der Waals surface area contributed by atoms with Crippen LogP contribution in [0.2, 0.25) is 0 Å². The largest absolute Gasteiger partial charge is 0.492 e. The number of ether oxygens (including phenoxy) is 2. The highest BCUT2D eigenvalue weighted by Crippen LogP contribution is 2.26. The van der Waals surface area contributed by atoms with Crippen LogP contribution in [0.15, 0.2) is 18.2 Å². The summed E-state index contributed by atoms with van der Waals surface area (Å²) >= 11 is 0. The summed E-state index contributed by atoms with van der Waals surface area (Å²) in [5, 5.41) is 12.3. The molecular weight excluding hydrogens is 328 g/mol. The summed E-state index contributed by atoms with van der Waals surface area (Å²) in [4.78, 5) is 12.8. The molecule has 26 heavy (non-hydrogen) atoms. The first-order valence-electron chi connectivity index (χ1n) is 9.34. The smallest absolute Gasteiger partial charge is 0.256 e. The number of nitrogens with zero attached hydrogens (tertiary/aromatic N) is 1. The van der Waals surface area contributed by atoms with Gasteiger partial charge < -0.3 is 14.8 Å². The summed E-state index contributed by atoms with van der Waals surface area (Å²) in [5.41, 5.74) is 0.0751. The van der Waals surface area contributed by atoms with Crippen LogP contribution in [-0.4, -0.2) is 24.7 Å². The normalized spacial score (nSPS) is 13.3. The highest BCUT2D eigenvalue weighted by atomic mass is 16.5. The lowest BCUT2D eigenvalue weighted by Crippen LogP contribution is -2.44. The molecule has 0 aliphatic carbocycles. The van der Waals surface area contributed by atoms with E-state index in [9.17, 15) is 10.1 Å². The molecule has 5 heteroatoms. The maximum Gasteiger partial charge on any atom is 0.256 e. The third-order valence-corrected chi connectivity index (χ3v) is 3.83. The molecule has 0 bridgehead atoms. The molecule has 0 aromatic heterocycles. The van der Waals surface area contributed by atoms with Gasteiger partial charge in [0.2, 0.25) is 0 Å². The molecule has 1 aromatic carbocycles. The van der Waals surface area contributed by atoms with Gasteiger partial charge in [-0.25, -0.2) is 0 Å². The van der Waals surface area contributed by atoms with Gasteiger partial charge in [0, 0.05) is 12.3 Å². The minimum atomic E-state index is -0.899. The number of nitriles is 1. The number of rotatable bonds is 10. The van der Waals surface area contributed by atoms with Gasteiger partial charge in [0.25, 0.3) is 5.91 Å². The first-order valence-corrected chi connectivity index (χ1v) is 9.34. The van der Waals surface area contributed by atoms with E-state index in [0.29, 0.717) is 48.5 Å². The molecular formula is C21H32N2O3. The van der Waals surface area contributed by atoms with Gasteiger partial charge in [-0.3, -0.25) is 4.79 Å². The Kier molecular flexibility index (Phi) is 8.60. The second-order valence-corrected chi connectivity index (χ2v) is 7.66. The molecule has 0 aliphatic heterocycles. The fourth-order valence-electron chi connectivity index (χ4n) is 2.66. The number of anilines is 1. The Balaban J connectivity index is 2.94. The minimum absolute atomic E-state index is 0.195. The van der Waals surface area contributed by atoms with Crippen LogP contribution in [-0.2, 0) is 9.53 Å². The molecule has 1 rings (SSSR count). The molecule has 0 heterocycles. The zero-order valence-corrected chi connectivity index (χ0v) is 16.9. The van der Waals surface area contributed by atoms with Crippen LogP contribution in [0, 0.1) is 23.2 Å². The van der Waals surface area contributed by atoms with E-state index in [0.717, 1.165) is 6.42 Å². The maximum atomic E-state index is 12.8. The monoisotopic (exact) mass is 360 g/mol. The molecule has 1 atom stereocenters. The van der Waals surface area contributed by atoms with Crippen molar-refractivity contribution >= 4 is 11.6 Å². The van der Waals surface area contributed by atoms with Crippen molar-refractivity contribution in [1.82, 2.24) is 0 Å². The number of nitrogens with one attached hydrogen (secondary N) is 1. The maximum absolute atomic E-state index is 12.8. The molecule has 0 aliphatic rings. The fraction of sp³-hybridized carbons (Fsp3) is 0.619. The quantitative estimate of drug-likeness (QED) is 0.653. The Morgan fingerprint density at radius 2 is 1.96 bits per heavy atom. The molecule has 144 valence electrons. The number of benzene rings is 1. The van der Waals surface area contributed by atoms with Gasteiger partial charge in [-0.2, -0.15) is 5.26 Å². The summed E-state index contributed by atoms with van der Waals surface area (Å²) in [5.74, 6) is 1.03. The lowest BCUT2D eigenvalue weighted by molar-refractivity contribution is -0.141. The topological polar surface area (TPSA) is 71.3 Å². The highest BCUT2D eigenvalue weighted by Gasteiger charge is 2.35. The molecule has 0 radical (unpaired) electrons. The van der Waals surface area contributed by atoms with Crippen molar-refractivity contribution in [3.8, 4) is 11.8 Å². The van der Waals surface area contributed by atoms with Crippen molar-refractivity contribution in [1.29, 1.82) is 5.26 Å². The molecule has 0 saturated heterocycles. The molecule has 1 amide bonds. The Bertz CT molecular complexity index is 635. The van der Waals surface area contributed by atoms with Gasteiger partial charge in [-0.1, -0.05) is 34.6 Å². The van der Waals surface area contributed by atoms with E-state index in [1.54, 1.807) is 18.2 Å². The Morgan fingerprint density at radius 1 is 1.27 bits per heavy atom. The standard InChI is InChI=1S/C21H32N2O3/c1-7-10-26-21(6,12-15(2)3)20(24)23-18-8-9-19(17(11-18)13-22)25-14-16(4)5/h8-9,11,15-16H,7,10,12,14H2,1-6H3,(H,23,24)/t21-/m0/s1. The van der Waals surface area contributed by atoms with Gasteiger partial charge in [0.15, 0.2) is 0 Å². The van der Waals surface area contributed by atoms with E-state index in [4.69, 9.17) is 9.47 Å². The van der Waals surface area contributed by atoms with Crippen LogP contribution in [0.4, 0.5) is 5.69 Å². The predicted molar refractivity (Wildman–Crippen MR) is 104 cm³/mol. The minimum Gasteiger partial charge on any atom is -0.492 e. The van der Waals surface area contributed by atoms with E-state index in [2.05, 4.69) is 25.2 Å². The van der Waals surface area contributed by atoms with Crippen molar-refractivity contribution < 1.29 is 14.3 Å². The summed E-state index contributed by atoms with van der Waals surface area (Å²) in [6.45, 7) is 13.1. The second kappa shape index (κ2) is 10.2. The van der Waals surface area contributed by atoms with E-state index in [-0.39, 0.29) is 5.91 Å². The van der Waals surface area contributed by atoms with Crippen LogP contribution < -0.4 is 10.1 Å². The third-order valence-electron chi connectivity index (χ3n) is 3.83. The van der Waals surface area contributed by atoms with Crippen LogP contribution in [0.25, 0.3) is 0 Å². The first-order chi connectivity index (χ1) is 12.2. The molecule has 0 fully saturated rings. The van der Waals surface area contributed by atoms with Crippen LogP contribution in [0.5, 0.6) is 5.75 Å². The van der Waals surface area contributed by atoms with E-state index >= 15 is 0 Å². The average Bonchev–Trinajstić information content (AvgIpc) is 2.57. The lowest BCUT2D eigenvalue weighted by Gasteiger charge is -2.30. The molecule has 5 nitrogen and oxygen atoms in total. The molecule has 0 saturated carbocycles. The Morgan fingerprint density at radius 3 is 2.50 bits per heavy atom. The van der Waals surface area contributed by atoms with E-state index in [1.165, 1.54) is 0 Å². The van der Waals surface area contributed by atoms with Gasteiger partial charge >= 0.3 is 0 Å². The summed E-state index contributed by atoms with van der Waals surface area (Å²) in [6, 6.07) is 7.25. The Hall–Kier alpha value is -2.06. The number of amides is 1. The van der Waals surface area contributed by atoms with Gasteiger partial charge in [0.1, 0.15) is 17.4 Å². The van der Waals surface area contributed by atoms with Crippen molar-refractivity contribution in [2.75, 3.05) is 18.5 Å². The van der Waals surface area contributed by atoms with Gasteiger partial charge in [0.05, 0.1) is 12.2 Å². The molecule has 0 unspecified atom stereocenters. The summed E-state index contributed by atoms with van der Waals surface area (Å²) in [7, 11) is 0. The van der Waals surface area contributed by atoms with Crippen LogP contribution in [0.1, 0.15) is 59.9 Å². The van der Waals surface area contributed by atoms with Crippen molar-refractivity contribution in [3.05, 3.63) is 23.8 Å². The molecule has 0 spiro atoms. The zero-order chi connectivity index (χ0) is 19.7. The SMILES string of the molecule is CCCO[C@@](C)(CC(C)C)C(=O)Nc1ccc(OCC(C)C)c(C#N)c1. The fourth-order valence-corrected chi connectivity index (χ4v) is 2.66. The van der Waals surface area contributed by atoms with Crippen molar-refractivity contribution in [2.24, 2.45) is 11.8 Å². The second-order valence-electron chi connectivity index (χ2n) is 7.66. The highest BCUT2D eigenvalue weighted by molar-refractivity contribution is 5.97. The van der Waals surface area contributed by atoms with Gasteiger partial charge in [-0.05, 0) is 49.8 Å². The molecule has 1 aromatic rings. The number of carbonyl (C=O) groups excluding carboxylic acids is 1. The number of hydrogen-bond acceptors (Lipinski definition) is 4. The van der Waals surface area contributed by atoms with E-state index in [1.807, 2.05) is 27.7 Å². The summed E-state index contributed by atoms with van der Waals surface area (Å²) in [6.07, 6.45) is 1.47. The van der Waals surface area contributed by atoms with Crippen molar-refractivity contribution in [2.45, 2.75) is 60.0 Å². The van der Waals surface area contributed by atoms with Crippen LogP contribution in [0.3, 0.4) is 0 Å². The van der Waals surface area contributed by atoms with Crippen LogP contribution >= 0.6 is 0 Å². The van der Waals surface area contributed by atoms with Crippen molar-refractivity contribution in [3.63, 3.8) is 0 Å². The van der Waals surface area contributed by atoms with Gasteiger partial charge in [-0.15, -0.1) is 0 Å². The average molecular weight is 360 g/mol.